The number of aldehydes is 1. The summed E-state index contributed by atoms with van der Waals surface area (Å²) in [5, 5.41) is 58.1. The smallest absolute Gasteiger partial charge is 0.151 e. The first-order valence-corrected chi connectivity index (χ1v) is 4.44. The molecule has 8 nitrogen and oxygen atoms in total. The third kappa shape index (κ3) is 8.68. The number of carbonyl (C=O) groups excluding carboxylic acids is 1. The molecule has 0 bridgehead atoms. The summed E-state index contributed by atoms with van der Waals surface area (Å²) < 4.78 is 0. The van der Waals surface area contributed by atoms with Crippen molar-refractivity contribution < 1.29 is 40.5 Å². The summed E-state index contributed by atoms with van der Waals surface area (Å²) in [5.41, 5.74) is 0. The molecule has 98 valence electrons. The molecule has 7 N–H and O–H groups in total. The van der Waals surface area contributed by atoms with Crippen molar-refractivity contribution in [3.05, 3.63) is 0 Å². The van der Waals surface area contributed by atoms with Gasteiger partial charge in [-0.2, -0.15) is 0 Å². The Hall–Kier alpha value is -0.610. The van der Waals surface area contributed by atoms with Crippen LogP contribution in [0.2, 0.25) is 0 Å². The molecule has 0 radical (unpaired) electrons. The predicted molar refractivity (Wildman–Crippen MR) is 51.3 cm³/mol. The van der Waals surface area contributed by atoms with E-state index in [-0.39, 0.29) is 19.5 Å². The molecular weight excluding hydrogens is 224 g/mol. The van der Waals surface area contributed by atoms with Crippen LogP contribution >= 0.6 is 0 Å². The van der Waals surface area contributed by atoms with Crippen LogP contribution < -0.4 is 0 Å². The summed E-state index contributed by atoms with van der Waals surface area (Å²) in [5.74, 6) is 0. The van der Waals surface area contributed by atoms with Gasteiger partial charge in [0.2, 0.25) is 0 Å². The van der Waals surface area contributed by atoms with E-state index < -0.39 is 31.0 Å². The molecule has 0 aliphatic heterocycles. The van der Waals surface area contributed by atoms with Crippen molar-refractivity contribution in [2.24, 2.45) is 0 Å². The lowest BCUT2D eigenvalue weighted by Gasteiger charge is -2.16. The lowest BCUT2D eigenvalue weighted by molar-refractivity contribution is -0.127. The first kappa shape index (κ1) is 17.8. The fourth-order valence-corrected chi connectivity index (χ4v) is 0.474. The Morgan fingerprint density at radius 2 is 1.31 bits per heavy atom. The van der Waals surface area contributed by atoms with Gasteiger partial charge in [-0.25, -0.2) is 0 Å². The summed E-state index contributed by atoms with van der Waals surface area (Å²) in [6.45, 7) is -1.42. The summed E-state index contributed by atoms with van der Waals surface area (Å²) in [6.07, 6.45) is -5.58. The molecule has 0 aromatic heterocycles. The van der Waals surface area contributed by atoms with E-state index in [4.69, 9.17) is 35.7 Å². The second kappa shape index (κ2) is 10.9. The Balaban J connectivity index is 0. The number of carbonyl (C=O) groups is 1. The van der Waals surface area contributed by atoms with Crippen molar-refractivity contribution in [1.82, 2.24) is 0 Å². The summed E-state index contributed by atoms with van der Waals surface area (Å²) in [4.78, 5) is 9.76. The lowest BCUT2D eigenvalue weighted by atomic mass is 10.1. The summed E-state index contributed by atoms with van der Waals surface area (Å²) >= 11 is 0. The first-order chi connectivity index (χ1) is 7.44. The number of aliphatic hydroxyl groups excluding tert-OH is 7. The zero-order valence-corrected chi connectivity index (χ0v) is 8.55. The van der Waals surface area contributed by atoms with Gasteiger partial charge in [-0.15, -0.1) is 0 Å². The molecule has 0 fully saturated rings. The minimum absolute atomic E-state index is 0.0869. The van der Waals surface area contributed by atoms with Crippen molar-refractivity contribution in [3.8, 4) is 0 Å². The highest BCUT2D eigenvalue weighted by Crippen LogP contribution is 1.96. The van der Waals surface area contributed by atoms with Gasteiger partial charge < -0.3 is 40.5 Å². The van der Waals surface area contributed by atoms with Gasteiger partial charge in [0.25, 0.3) is 0 Å². The van der Waals surface area contributed by atoms with Gasteiger partial charge in [0.1, 0.15) is 24.4 Å². The highest BCUT2D eigenvalue weighted by atomic mass is 16.4. The first-order valence-electron chi connectivity index (χ1n) is 4.44. The predicted octanol–water partition coefficient (Wildman–Crippen LogP) is -4.41. The van der Waals surface area contributed by atoms with Gasteiger partial charge in [0.15, 0.2) is 6.29 Å². The van der Waals surface area contributed by atoms with Gasteiger partial charge in [0, 0.05) is 0 Å². The minimum Gasteiger partial charge on any atom is -0.394 e. The molecule has 0 aromatic carbocycles. The molecule has 0 aromatic rings. The molecule has 0 aliphatic carbocycles. The third-order valence-corrected chi connectivity index (χ3v) is 1.49. The average molecular weight is 242 g/mol. The monoisotopic (exact) mass is 242 g/mol. The Morgan fingerprint density at radius 1 is 0.875 bits per heavy atom. The maximum atomic E-state index is 9.76. The fraction of sp³-hybridized carbons (Fsp3) is 0.875. The SMILES string of the molecule is O=CC(O)C(O)C(O)CO.OCC(O)CO. The topological polar surface area (TPSA) is 159 Å². The molecule has 0 rings (SSSR count). The fourth-order valence-electron chi connectivity index (χ4n) is 0.474. The average Bonchev–Trinajstić information content (AvgIpc) is 2.35. The van der Waals surface area contributed by atoms with E-state index >= 15 is 0 Å². The standard InChI is InChI=1S/C5H10O5.C3H8O3/c6-1-3(8)5(10)4(9)2-7;4-1-3(6)2-5/h1,3-5,7-10H,2H2;3-6H,1-2H2. The Morgan fingerprint density at radius 3 is 1.50 bits per heavy atom. The largest absolute Gasteiger partial charge is 0.394 e. The molecule has 16 heavy (non-hydrogen) atoms. The highest BCUT2D eigenvalue weighted by molar-refractivity contribution is 5.56. The molecule has 8 heteroatoms. The molecule has 0 heterocycles. The van der Waals surface area contributed by atoms with Crippen LogP contribution in [0.3, 0.4) is 0 Å². The lowest BCUT2D eigenvalue weighted by Crippen LogP contribution is -2.40. The van der Waals surface area contributed by atoms with Crippen LogP contribution in [0.25, 0.3) is 0 Å². The normalized spacial score (nSPS) is 16.0. The number of hydrogen-bond donors (Lipinski definition) is 7. The van der Waals surface area contributed by atoms with Crippen molar-refractivity contribution in [3.63, 3.8) is 0 Å². The van der Waals surface area contributed by atoms with E-state index in [2.05, 4.69) is 0 Å². The molecule has 0 spiro atoms. The van der Waals surface area contributed by atoms with E-state index in [1.165, 1.54) is 0 Å². The molecule has 3 unspecified atom stereocenters. The van der Waals surface area contributed by atoms with Gasteiger partial charge in [-0.3, -0.25) is 0 Å². The van der Waals surface area contributed by atoms with Gasteiger partial charge in [-0.05, 0) is 0 Å². The van der Waals surface area contributed by atoms with Crippen molar-refractivity contribution in [2.45, 2.75) is 24.4 Å². The Kier molecular flexibility index (Phi) is 12.1. The minimum atomic E-state index is -1.64. The Bertz CT molecular complexity index is 160. The second-order valence-electron chi connectivity index (χ2n) is 2.89. The number of rotatable bonds is 6. The molecule has 0 aliphatic rings. The zero-order chi connectivity index (χ0) is 13.1. The maximum Gasteiger partial charge on any atom is 0.151 e. The Labute approximate surface area is 92.0 Å². The van der Waals surface area contributed by atoms with E-state index in [1.807, 2.05) is 0 Å². The van der Waals surface area contributed by atoms with Crippen LogP contribution in [0.1, 0.15) is 0 Å². The van der Waals surface area contributed by atoms with E-state index in [0.717, 1.165) is 0 Å². The van der Waals surface area contributed by atoms with Crippen LogP contribution in [0, 0.1) is 0 Å². The maximum absolute atomic E-state index is 9.76. The molecule has 0 amide bonds. The van der Waals surface area contributed by atoms with Crippen LogP contribution in [0.5, 0.6) is 0 Å². The van der Waals surface area contributed by atoms with Crippen LogP contribution in [0.15, 0.2) is 0 Å². The van der Waals surface area contributed by atoms with E-state index in [1.54, 1.807) is 0 Å². The molecule has 3 atom stereocenters. The molecule has 0 saturated carbocycles. The van der Waals surface area contributed by atoms with Gasteiger partial charge >= 0.3 is 0 Å². The highest BCUT2D eigenvalue weighted by Gasteiger charge is 2.22. The van der Waals surface area contributed by atoms with Crippen LogP contribution in [-0.2, 0) is 4.79 Å². The zero-order valence-electron chi connectivity index (χ0n) is 8.55. The van der Waals surface area contributed by atoms with Crippen molar-refractivity contribution >= 4 is 6.29 Å². The van der Waals surface area contributed by atoms with Crippen molar-refractivity contribution in [2.75, 3.05) is 19.8 Å². The van der Waals surface area contributed by atoms with Crippen LogP contribution in [0.4, 0.5) is 0 Å². The van der Waals surface area contributed by atoms with E-state index in [0.29, 0.717) is 0 Å². The van der Waals surface area contributed by atoms with E-state index in [9.17, 15) is 4.79 Å². The number of aliphatic hydroxyl groups is 7. The second-order valence-corrected chi connectivity index (χ2v) is 2.89. The van der Waals surface area contributed by atoms with Crippen LogP contribution in [-0.4, -0.2) is 86.3 Å². The van der Waals surface area contributed by atoms with Gasteiger partial charge in [0.05, 0.1) is 19.8 Å². The van der Waals surface area contributed by atoms with Gasteiger partial charge in [-0.1, -0.05) is 0 Å². The number of hydrogen-bond acceptors (Lipinski definition) is 8. The summed E-state index contributed by atoms with van der Waals surface area (Å²) in [7, 11) is 0. The quantitative estimate of drug-likeness (QED) is 0.230. The molecular formula is C8H18O8. The van der Waals surface area contributed by atoms with Crippen molar-refractivity contribution in [1.29, 1.82) is 0 Å². The third-order valence-electron chi connectivity index (χ3n) is 1.49. The molecule has 0 saturated heterocycles. The summed E-state index contributed by atoms with van der Waals surface area (Å²) in [6, 6.07) is 0.